The highest BCUT2D eigenvalue weighted by molar-refractivity contribution is 5.76. The highest BCUT2D eigenvalue weighted by Gasteiger charge is 2.41. The first-order valence-electron chi connectivity index (χ1n) is 9.43. The van der Waals surface area contributed by atoms with E-state index in [1.807, 2.05) is 23.6 Å². The maximum atomic E-state index is 12.6. The normalized spacial score (nSPS) is 24.0. The quantitative estimate of drug-likeness (QED) is 0.894. The number of aromatic nitrogens is 2. The van der Waals surface area contributed by atoms with Crippen LogP contribution in [0.5, 0.6) is 0 Å². The molecule has 6 nitrogen and oxygen atoms in total. The largest absolute Gasteiger partial charge is 0.392 e. The third-order valence-electron chi connectivity index (χ3n) is 6.22. The van der Waals surface area contributed by atoms with Crippen molar-refractivity contribution in [2.45, 2.75) is 52.1 Å². The van der Waals surface area contributed by atoms with E-state index in [-0.39, 0.29) is 17.4 Å². The first-order chi connectivity index (χ1) is 11.8. The van der Waals surface area contributed by atoms with Crippen molar-refractivity contribution in [3.8, 4) is 0 Å². The van der Waals surface area contributed by atoms with Crippen LogP contribution in [0, 0.1) is 19.3 Å². The van der Waals surface area contributed by atoms with E-state index in [2.05, 4.69) is 24.0 Å². The topological polar surface area (TPSA) is 61.6 Å². The van der Waals surface area contributed by atoms with Gasteiger partial charge in [-0.25, -0.2) is 0 Å². The van der Waals surface area contributed by atoms with Crippen molar-refractivity contribution in [1.82, 2.24) is 19.6 Å². The SMILES string of the molecule is Cc1nn(C)c(C)c1CCC(=O)N1CCC2(CC1)CC(O)CN(C)C2. The van der Waals surface area contributed by atoms with Gasteiger partial charge in [0.05, 0.1) is 11.8 Å². The Balaban J connectivity index is 1.53. The van der Waals surface area contributed by atoms with Gasteiger partial charge >= 0.3 is 0 Å². The molecule has 1 unspecified atom stereocenters. The number of carbonyl (C=O) groups excluding carboxylic acids is 1. The Hall–Kier alpha value is -1.40. The van der Waals surface area contributed by atoms with E-state index in [1.54, 1.807) is 0 Å². The fraction of sp³-hybridized carbons (Fsp3) is 0.789. The molecule has 1 N–H and O–H groups in total. The van der Waals surface area contributed by atoms with Crippen LogP contribution in [0.2, 0.25) is 0 Å². The summed E-state index contributed by atoms with van der Waals surface area (Å²) in [5, 5.41) is 14.5. The first kappa shape index (κ1) is 18.4. The molecule has 2 aliphatic heterocycles. The number of likely N-dealkylation sites (tertiary alicyclic amines) is 2. The van der Waals surface area contributed by atoms with Gasteiger partial charge in [0.2, 0.25) is 5.91 Å². The monoisotopic (exact) mass is 348 g/mol. The van der Waals surface area contributed by atoms with Crippen molar-refractivity contribution in [2.75, 3.05) is 33.2 Å². The van der Waals surface area contributed by atoms with Gasteiger partial charge < -0.3 is 14.9 Å². The molecule has 1 atom stereocenters. The molecule has 1 aromatic heterocycles. The fourth-order valence-electron chi connectivity index (χ4n) is 4.79. The van der Waals surface area contributed by atoms with Crippen LogP contribution in [-0.4, -0.2) is 69.9 Å². The number of carbonyl (C=O) groups is 1. The highest BCUT2D eigenvalue weighted by atomic mass is 16.3. The number of β-amino-alcohol motifs (C(OH)–C–C–N with tert-alkyl or cyclic N) is 1. The molecule has 6 heteroatoms. The van der Waals surface area contributed by atoms with Crippen LogP contribution in [-0.2, 0) is 18.3 Å². The van der Waals surface area contributed by atoms with Gasteiger partial charge in [0.15, 0.2) is 0 Å². The number of aliphatic hydroxyl groups is 1. The van der Waals surface area contributed by atoms with E-state index >= 15 is 0 Å². The van der Waals surface area contributed by atoms with Crippen LogP contribution >= 0.6 is 0 Å². The van der Waals surface area contributed by atoms with E-state index in [0.29, 0.717) is 6.42 Å². The van der Waals surface area contributed by atoms with Crippen LogP contribution < -0.4 is 0 Å². The van der Waals surface area contributed by atoms with Crippen molar-refractivity contribution in [1.29, 1.82) is 0 Å². The molecule has 1 amide bonds. The van der Waals surface area contributed by atoms with E-state index in [4.69, 9.17) is 0 Å². The summed E-state index contributed by atoms with van der Waals surface area (Å²) >= 11 is 0. The minimum absolute atomic E-state index is 0.194. The molecule has 3 heterocycles. The molecular formula is C19H32N4O2. The lowest BCUT2D eigenvalue weighted by atomic mass is 9.71. The van der Waals surface area contributed by atoms with Gasteiger partial charge in [-0.05, 0) is 57.6 Å². The summed E-state index contributed by atoms with van der Waals surface area (Å²) in [6, 6.07) is 0. The average molecular weight is 348 g/mol. The van der Waals surface area contributed by atoms with Gasteiger partial charge in [-0.2, -0.15) is 5.10 Å². The maximum Gasteiger partial charge on any atom is 0.222 e. The summed E-state index contributed by atoms with van der Waals surface area (Å²) in [4.78, 5) is 16.9. The van der Waals surface area contributed by atoms with Gasteiger partial charge in [0.1, 0.15) is 0 Å². The molecule has 3 rings (SSSR count). The predicted molar refractivity (Wildman–Crippen MR) is 97.4 cm³/mol. The number of aryl methyl sites for hydroxylation is 2. The standard InChI is InChI=1S/C19H32N4O2/c1-14-17(15(2)22(4)20-14)5-6-18(25)23-9-7-19(8-10-23)11-16(24)12-21(3)13-19/h16,24H,5-13H2,1-4H3. The smallest absolute Gasteiger partial charge is 0.222 e. The summed E-state index contributed by atoms with van der Waals surface area (Å²) in [5.41, 5.74) is 3.59. The molecule has 25 heavy (non-hydrogen) atoms. The number of piperidine rings is 2. The molecule has 0 radical (unpaired) electrons. The van der Waals surface area contributed by atoms with Crippen LogP contribution in [0.3, 0.4) is 0 Å². The molecule has 0 bridgehead atoms. The zero-order valence-corrected chi connectivity index (χ0v) is 16.1. The number of nitrogens with zero attached hydrogens (tertiary/aromatic N) is 4. The Morgan fingerprint density at radius 1 is 1.28 bits per heavy atom. The minimum atomic E-state index is -0.225. The molecule has 2 fully saturated rings. The molecule has 2 saturated heterocycles. The lowest BCUT2D eigenvalue weighted by Gasteiger charge is -2.48. The van der Waals surface area contributed by atoms with Crippen molar-refractivity contribution in [3.05, 3.63) is 17.0 Å². The third-order valence-corrected chi connectivity index (χ3v) is 6.22. The zero-order chi connectivity index (χ0) is 18.2. The van der Waals surface area contributed by atoms with Crippen molar-refractivity contribution < 1.29 is 9.90 Å². The minimum Gasteiger partial charge on any atom is -0.392 e. The van der Waals surface area contributed by atoms with Crippen molar-refractivity contribution in [3.63, 3.8) is 0 Å². The van der Waals surface area contributed by atoms with E-state index in [0.717, 1.165) is 63.3 Å². The average Bonchev–Trinajstić information content (AvgIpc) is 2.77. The van der Waals surface area contributed by atoms with Crippen LogP contribution in [0.15, 0.2) is 0 Å². The van der Waals surface area contributed by atoms with Crippen LogP contribution in [0.4, 0.5) is 0 Å². The Morgan fingerprint density at radius 2 is 1.96 bits per heavy atom. The number of amides is 1. The Bertz CT molecular complexity index is 620. The predicted octanol–water partition coefficient (Wildman–Crippen LogP) is 1.27. The van der Waals surface area contributed by atoms with Gasteiger partial charge in [0, 0.05) is 45.3 Å². The van der Waals surface area contributed by atoms with Gasteiger partial charge in [-0.1, -0.05) is 0 Å². The molecule has 140 valence electrons. The fourth-order valence-corrected chi connectivity index (χ4v) is 4.79. The number of hydrogen-bond donors (Lipinski definition) is 1. The molecule has 0 aliphatic carbocycles. The lowest BCUT2D eigenvalue weighted by Crippen LogP contribution is -2.53. The van der Waals surface area contributed by atoms with Crippen molar-refractivity contribution >= 4 is 5.91 Å². The first-order valence-corrected chi connectivity index (χ1v) is 9.43. The summed E-state index contributed by atoms with van der Waals surface area (Å²) in [6.07, 6.45) is 4.00. The highest BCUT2D eigenvalue weighted by Crippen LogP contribution is 2.39. The molecule has 0 aromatic carbocycles. The number of likely N-dealkylation sites (N-methyl/N-ethyl adjacent to an activating group) is 1. The van der Waals surface area contributed by atoms with Gasteiger partial charge in [-0.3, -0.25) is 9.48 Å². The number of aliphatic hydroxyl groups excluding tert-OH is 1. The maximum absolute atomic E-state index is 12.6. The Morgan fingerprint density at radius 3 is 2.52 bits per heavy atom. The molecule has 1 spiro atoms. The van der Waals surface area contributed by atoms with Crippen LogP contribution in [0.25, 0.3) is 0 Å². The van der Waals surface area contributed by atoms with E-state index in [9.17, 15) is 9.90 Å². The van der Waals surface area contributed by atoms with Gasteiger partial charge in [0.25, 0.3) is 0 Å². The third kappa shape index (κ3) is 3.90. The number of rotatable bonds is 3. The van der Waals surface area contributed by atoms with Crippen molar-refractivity contribution in [2.24, 2.45) is 12.5 Å². The van der Waals surface area contributed by atoms with E-state index in [1.165, 1.54) is 5.56 Å². The second-order valence-corrected chi connectivity index (χ2v) is 8.21. The molecule has 2 aliphatic rings. The van der Waals surface area contributed by atoms with Gasteiger partial charge in [-0.15, -0.1) is 0 Å². The summed E-state index contributed by atoms with van der Waals surface area (Å²) in [5.74, 6) is 0.252. The molecule has 0 saturated carbocycles. The van der Waals surface area contributed by atoms with E-state index < -0.39 is 0 Å². The summed E-state index contributed by atoms with van der Waals surface area (Å²) in [6.45, 7) is 7.54. The zero-order valence-electron chi connectivity index (χ0n) is 16.1. The Labute approximate surface area is 150 Å². The number of hydrogen-bond acceptors (Lipinski definition) is 4. The molecular weight excluding hydrogens is 316 g/mol. The van der Waals surface area contributed by atoms with Crippen LogP contribution in [0.1, 0.15) is 42.6 Å². The summed E-state index contributed by atoms with van der Waals surface area (Å²) in [7, 11) is 4.04. The summed E-state index contributed by atoms with van der Waals surface area (Å²) < 4.78 is 1.89. The second kappa shape index (κ2) is 7.08. The second-order valence-electron chi connectivity index (χ2n) is 8.21. The lowest BCUT2D eigenvalue weighted by molar-refractivity contribution is -0.134. The molecule has 1 aromatic rings. The Kier molecular flexibility index (Phi) is 5.21.